The number of aromatic amines is 1. The number of carbonyl (C=O) groups excluding carboxylic acids is 3. The highest BCUT2D eigenvalue weighted by atomic mass is 16.3. The molecule has 1 heterocycles. The minimum absolute atomic E-state index is 0.0228. The third-order valence-corrected chi connectivity index (χ3v) is 8.21. The second-order valence-electron chi connectivity index (χ2n) is 10.9. The van der Waals surface area contributed by atoms with Crippen LogP contribution in [0.3, 0.4) is 0 Å². The zero-order chi connectivity index (χ0) is 29.3. The highest BCUT2D eigenvalue weighted by Crippen LogP contribution is 2.54. The zero-order valence-corrected chi connectivity index (χ0v) is 22.5. The number of benzene rings is 1. The summed E-state index contributed by atoms with van der Waals surface area (Å²) in [6.07, 6.45) is 1.82. The molecular weight excluding hydrogens is 520 g/mol. The van der Waals surface area contributed by atoms with E-state index in [1.807, 2.05) is 19.0 Å². The van der Waals surface area contributed by atoms with Gasteiger partial charge in [0.15, 0.2) is 11.4 Å². The van der Waals surface area contributed by atoms with Crippen LogP contribution in [0.15, 0.2) is 35.2 Å². The van der Waals surface area contributed by atoms with E-state index in [9.17, 15) is 34.8 Å². The maximum atomic E-state index is 14.0. The second kappa shape index (κ2) is 9.38. The lowest BCUT2D eigenvalue weighted by Crippen LogP contribution is -2.65. The average molecular weight is 553 g/mol. The van der Waals surface area contributed by atoms with Gasteiger partial charge in [0, 0.05) is 37.5 Å². The van der Waals surface area contributed by atoms with Crippen LogP contribution in [0.5, 0.6) is 5.75 Å². The maximum absolute atomic E-state index is 14.0. The third kappa shape index (κ3) is 3.76. The second-order valence-corrected chi connectivity index (χ2v) is 10.9. The largest absolute Gasteiger partial charge is 0.508 e. The van der Waals surface area contributed by atoms with Crippen molar-refractivity contribution in [1.82, 2.24) is 15.1 Å². The quantitative estimate of drug-likeness (QED) is 0.192. The number of H-pyrrole nitrogens is 1. The standard InChI is InChI=1S/C27H32N6O7/c1-32(2)16-9-15(29-10-12-5-6-30-31-12)21(34)18-13(16)7-11-8-14-20(33(3)4)23(36)19(26(28)39)25(38)27(14,40)24(37)17(11)22(18)35/h5-6,9,11,14,20,29,34-35,38,40H,7-8,10H2,1-4H3,(H2,28,39)(H,30,31)/t11-,14-,20-,27-/m0/s1. The van der Waals surface area contributed by atoms with Crippen molar-refractivity contribution >= 4 is 34.6 Å². The molecule has 1 saturated carbocycles. The molecule has 1 aromatic heterocycles. The first-order valence-electron chi connectivity index (χ1n) is 12.7. The molecule has 0 saturated heterocycles. The Balaban J connectivity index is 1.69. The SMILES string of the molecule is CN(C)c1cc(NCc2ccn[nH]2)c(O)c2c1C[C@H]1C[C@H]3[C@H](N(C)C)C(=O)C(C(N)=O)=C(O)[C@@]3(O)C(=O)C1=C2O. The van der Waals surface area contributed by atoms with Crippen LogP contribution in [-0.2, 0) is 27.3 Å². The first-order chi connectivity index (χ1) is 18.8. The number of aliphatic hydroxyl groups is 3. The Morgan fingerprint density at radius 2 is 1.93 bits per heavy atom. The Morgan fingerprint density at radius 3 is 2.50 bits per heavy atom. The molecule has 1 fully saturated rings. The Morgan fingerprint density at radius 1 is 1.23 bits per heavy atom. The highest BCUT2D eigenvalue weighted by molar-refractivity contribution is 6.24. The molecule has 3 aliphatic carbocycles. The number of ketones is 2. The van der Waals surface area contributed by atoms with Crippen molar-refractivity contribution in [2.24, 2.45) is 17.6 Å². The molecule has 2 aromatic rings. The molecular formula is C27H32N6O7. The number of nitrogens with one attached hydrogen (secondary N) is 2. The van der Waals surface area contributed by atoms with Crippen LogP contribution in [0.25, 0.3) is 5.76 Å². The van der Waals surface area contributed by atoms with E-state index in [1.165, 1.54) is 4.90 Å². The van der Waals surface area contributed by atoms with Gasteiger partial charge in [-0.25, -0.2) is 0 Å². The van der Waals surface area contributed by atoms with Gasteiger partial charge in [0.25, 0.3) is 5.91 Å². The van der Waals surface area contributed by atoms with Crippen molar-refractivity contribution in [3.63, 3.8) is 0 Å². The van der Waals surface area contributed by atoms with Gasteiger partial charge in [-0.3, -0.25) is 24.4 Å². The maximum Gasteiger partial charge on any atom is 0.255 e. The van der Waals surface area contributed by atoms with Crippen molar-refractivity contribution < 1.29 is 34.8 Å². The van der Waals surface area contributed by atoms with Crippen LogP contribution in [0.1, 0.15) is 23.2 Å². The summed E-state index contributed by atoms with van der Waals surface area (Å²) < 4.78 is 0. The molecule has 40 heavy (non-hydrogen) atoms. The topological polar surface area (TPSA) is 205 Å². The summed E-state index contributed by atoms with van der Waals surface area (Å²) >= 11 is 0. The fourth-order valence-electron chi connectivity index (χ4n) is 6.40. The number of anilines is 2. The van der Waals surface area contributed by atoms with Crippen LogP contribution >= 0.6 is 0 Å². The monoisotopic (exact) mass is 552 g/mol. The molecule has 1 amide bonds. The number of rotatable bonds is 6. The summed E-state index contributed by atoms with van der Waals surface area (Å²) in [5.74, 6) is -6.83. The summed E-state index contributed by atoms with van der Waals surface area (Å²) in [6, 6.07) is 2.37. The van der Waals surface area contributed by atoms with Crippen molar-refractivity contribution in [2.45, 2.75) is 31.0 Å². The van der Waals surface area contributed by atoms with Gasteiger partial charge in [0.2, 0.25) is 5.78 Å². The Hall–Kier alpha value is -4.36. The van der Waals surface area contributed by atoms with Crippen LogP contribution in [0, 0.1) is 11.8 Å². The number of nitrogens with two attached hydrogens (primary N) is 1. The van der Waals surface area contributed by atoms with Crippen molar-refractivity contribution in [2.75, 3.05) is 38.4 Å². The predicted molar refractivity (Wildman–Crippen MR) is 144 cm³/mol. The number of aromatic hydroxyl groups is 1. The molecule has 13 nitrogen and oxygen atoms in total. The van der Waals surface area contributed by atoms with Gasteiger partial charge in [-0.05, 0) is 50.6 Å². The predicted octanol–water partition coefficient (Wildman–Crippen LogP) is 0.365. The molecule has 5 rings (SSSR count). The van der Waals surface area contributed by atoms with Gasteiger partial charge in [-0.2, -0.15) is 5.10 Å². The van der Waals surface area contributed by atoms with E-state index < -0.39 is 58.0 Å². The molecule has 1 aromatic carbocycles. The summed E-state index contributed by atoms with van der Waals surface area (Å²) in [5, 5.41) is 55.4. The van der Waals surface area contributed by atoms with Crippen LogP contribution in [-0.4, -0.2) is 92.8 Å². The Bertz CT molecular complexity index is 1490. The molecule has 13 heteroatoms. The number of carbonyl (C=O) groups is 3. The van der Waals surface area contributed by atoms with E-state index in [0.717, 1.165) is 5.69 Å². The van der Waals surface area contributed by atoms with Crippen LogP contribution in [0.4, 0.5) is 11.4 Å². The molecule has 212 valence electrons. The number of primary amides is 1. The van der Waals surface area contributed by atoms with Gasteiger partial charge in [0.05, 0.1) is 29.5 Å². The number of hydrogen-bond donors (Lipinski definition) is 7. The number of nitrogens with zero attached hydrogens (tertiary/aromatic N) is 3. The van der Waals surface area contributed by atoms with E-state index in [0.29, 0.717) is 11.3 Å². The summed E-state index contributed by atoms with van der Waals surface area (Å²) in [4.78, 5) is 42.7. The first-order valence-corrected chi connectivity index (χ1v) is 12.7. The summed E-state index contributed by atoms with van der Waals surface area (Å²) in [6.45, 7) is 0.286. The number of fused-ring (bicyclic) bond motifs is 3. The number of aliphatic hydroxyl groups excluding tert-OH is 2. The van der Waals surface area contributed by atoms with Crippen molar-refractivity contribution in [3.8, 4) is 5.75 Å². The summed E-state index contributed by atoms with van der Waals surface area (Å²) in [5.41, 5.74) is 3.98. The summed E-state index contributed by atoms with van der Waals surface area (Å²) in [7, 11) is 6.74. The molecule has 0 spiro atoms. The number of hydrogen-bond acceptors (Lipinski definition) is 11. The molecule has 8 N–H and O–H groups in total. The number of amides is 1. The Kier molecular flexibility index (Phi) is 6.38. The smallest absolute Gasteiger partial charge is 0.255 e. The van der Waals surface area contributed by atoms with Crippen molar-refractivity contribution in [1.29, 1.82) is 0 Å². The molecule has 0 unspecified atom stereocenters. The van der Waals surface area contributed by atoms with E-state index in [-0.39, 0.29) is 42.0 Å². The third-order valence-electron chi connectivity index (χ3n) is 8.21. The van der Waals surface area contributed by atoms with E-state index in [1.54, 1.807) is 32.4 Å². The van der Waals surface area contributed by atoms with Gasteiger partial charge in [-0.15, -0.1) is 0 Å². The van der Waals surface area contributed by atoms with Crippen LogP contribution < -0.4 is 16.0 Å². The van der Waals surface area contributed by atoms with Gasteiger partial charge >= 0.3 is 0 Å². The lowest BCUT2D eigenvalue weighted by atomic mass is 9.57. The average Bonchev–Trinajstić information content (AvgIpc) is 3.39. The zero-order valence-electron chi connectivity index (χ0n) is 22.5. The van der Waals surface area contributed by atoms with Crippen molar-refractivity contribution in [3.05, 3.63) is 52.1 Å². The number of likely N-dealkylation sites (N-methyl/N-ethyl adjacent to an activating group) is 1. The number of aromatic nitrogens is 2. The van der Waals surface area contributed by atoms with E-state index in [2.05, 4.69) is 15.5 Å². The Labute approximate surface area is 229 Å². The first kappa shape index (κ1) is 27.2. The minimum atomic E-state index is -2.68. The fraction of sp³-hybridized carbons (Fsp3) is 0.407. The molecule has 0 bridgehead atoms. The lowest BCUT2D eigenvalue weighted by molar-refractivity contribution is -0.153. The van der Waals surface area contributed by atoms with Gasteiger partial charge in [0.1, 0.15) is 22.8 Å². The van der Waals surface area contributed by atoms with Gasteiger partial charge < -0.3 is 36.4 Å². The number of Topliss-reactive ketones (excluding diaryl/α,β-unsaturated/α-hetero) is 2. The highest BCUT2D eigenvalue weighted by Gasteiger charge is 2.64. The van der Waals surface area contributed by atoms with E-state index in [4.69, 9.17) is 5.73 Å². The lowest BCUT2D eigenvalue weighted by Gasteiger charge is -2.50. The fourth-order valence-corrected chi connectivity index (χ4v) is 6.40. The van der Waals surface area contributed by atoms with Crippen LogP contribution in [0.2, 0.25) is 0 Å². The molecule has 4 atom stereocenters. The number of phenols is 1. The molecule has 3 aliphatic rings. The molecule has 0 radical (unpaired) electrons. The van der Waals surface area contributed by atoms with E-state index >= 15 is 0 Å². The number of phenolic OH excluding ortho intramolecular Hbond substituents is 1. The normalized spacial score (nSPS) is 26.0. The minimum Gasteiger partial charge on any atom is -0.508 e. The molecule has 0 aliphatic heterocycles. The van der Waals surface area contributed by atoms with Gasteiger partial charge in [-0.1, -0.05) is 0 Å².